The Morgan fingerprint density at radius 2 is 2.05 bits per heavy atom. The smallest absolute Gasteiger partial charge is 0.253 e. The Bertz CT molecular complexity index is 652. The third-order valence-electron chi connectivity index (χ3n) is 4.12. The van der Waals surface area contributed by atoms with Crippen LogP contribution in [0.4, 0.5) is 0 Å². The van der Waals surface area contributed by atoms with Crippen molar-refractivity contribution in [3.63, 3.8) is 0 Å². The first kappa shape index (κ1) is 14.7. The number of benzene rings is 1. The zero-order valence-electron chi connectivity index (χ0n) is 11.9. The largest absolute Gasteiger partial charge is 0.389 e. The molecule has 1 aliphatic heterocycles. The number of rotatable bonds is 2. The van der Waals surface area contributed by atoms with E-state index in [0.29, 0.717) is 0 Å². The molecule has 2 aliphatic rings. The van der Waals surface area contributed by atoms with Crippen molar-refractivity contribution >= 4 is 17.9 Å². The number of carbonyl (C=O) groups excluding carboxylic acids is 2. The Morgan fingerprint density at radius 3 is 2.77 bits per heavy atom. The SMILES string of the molecule is O=C(/C=C/c1ccccc1)N1C(=O)C[C@@]2(O)C=C[C@H](O)C[C@@H]12. The van der Waals surface area contributed by atoms with E-state index in [2.05, 4.69) is 0 Å². The molecular weight excluding hydrogens is 282 g/mol. The molecule has 1 aliphatic carbocycles. The van der Waals surface area contributed by atoms with E-state index in [4.69, 9.17) is 0 Å². The van der Waals surface area contributed by atoms with Gasteiger partial charge in [-0.2, -0.15) is 0 Å². The summed E-state index contributed by atoms with van der Waals surface area (Å²) in [6.07, 6.45) is 5.11. The van der Waals surface area contributed by atoms with Crippen LogP contribution in [0.2, 0.25) is 0 Å². The topological polar surface area (TPSA) is 77.8 Å². The molecule has 1 fully saturated rings. The molecule has 1 saturated heterocycles. The lowest BCUT2D eigenvalue weighted by Crippen LogP contribution is -2.49. The first-order valence-electron chi connectivity index (χ1n) is 7.18. The Hall–Kier alpha value is -2.24. The predicted octanol–water partition coefficient (Wildman–Crippen LogP) is 0.879. The van der Waals surface area contributed by atoms with Crippen LogP contribution in [0.15, 0.2) is 48.6 Å². The number of likely N-dealkylation sites (tertiary alicyclic amines) is 1. The van der Waals surface area contributed by atoms with Gasteiger partial charge in [-0.05, 0) is 11.6 Å². The summed E-state index contributed by atoms with van der Waals surface area (Å²) >= 11 is 0. The van der Waals surface area contributed by atoms with Crippen LogP contribution in [0.1, 0.15) is 18.4 Å². The molecule has 0 saturated carbocycles. The van der Waals surface area contributed by atoms with Crippen LogP contribution in [0, 0.1) is 0 Å². The second kappa shape index (κ2) is 5.51. The second-order valence-electron chi connectivity index (χ2n) is 5.69. The van der Waals surface area contributed by atoms with Crippen molar-refractivity contribution in [2.24, 2.45) is 0 Å². The van der Waals surface area contributed by atoms with E-state index in [1.54, 1.807) is 6.08 Å². The van der Waals surface area contributed by atoms with Crippen molar-refractivity contribution in [3.8, 4) is 0 Å². The number of amides is 2. The summed E-state index contributed by atoms with van der Waals surface area (Å²) in [5.41, 5.74) is -0.520. The molecule has 1 aromatic carbocycles. The zero-order chi connectivity index (χ0) is 15.7. The quantitative estimate of drug-likeness (QED) is 0.628. The van der Waals surface area contributed by atoms with Crippen LogP contribution in [0.5, 0.6) is 0 Å². The third-order valence-corrected chi connectivity index (χ3v) is 4.12. The molecule has 0 bridgehead atoms. The van der Waals surface area contributed by atoms with Crippen LogP contribution >= 0.6 is 0 Å². The van der Waals surface area contributed by atoms with Crippen molar-refractivity contribution in [3.05, 3.63) is 54.1 Å². The minimum absolute atomic E-state index is 0.133. The molecular formula is C17H17NO4. The average molecular weight is 299 g/mol. The summed E-state index contributed by atoms with van der Waals surface area (Å²) in [4.78, 5) is 25.5. The fourth-order valence-electron chi connectivity index (χ4n) is 3.00. The molecule has 1 heterocycles. The molecule has 3 rings (SSSR count). The Morgan fingerprint density at radius 1 is 1.32 bits per heavy atom. The van der Waals surface area contributed by atoms with Gasteiger partial charge in [0.25, 0.3) is 5.91 Å². The number of aliphatic hydroxyl groups is 2. The van der Waals surface area contributed by atoms with Gasteiger partial charge in [0.15, 0.2) is 0 Å². The van der Waals surface area contributed by atoms with Crippen LogP contribution in [0.3, 0.4) is 0 Å². The summed E-state index contributed by atoms with van der Waals surface area (Å²) in [5.74, 6) is -0.897. The molecule has 0 aromatic heterocycles. The van der Waals surface area contributed by atoms with Gasteiger partial charge >= 0.3 is 0 Å². The number of hydrogen-bond donors (Lipinski definition) is 2. The van der Waals surface area contributed by atoms with Crippen LogP contribution in [0.25, 0.3) is 6.08 Å². The van der Waals surface area contributed by atoms with E-state index in [9.17, 15) is 19.8 Å². The molecule has 5 nitrogen and oxygen atoms in total. The number of imide groups is 1. The van der Waals surface area contributed by atoms with E-state index >= 15 is 0 Å². The predicted molar refractivity (Wildman–Crippen MR) is 80.4 cm³/mol. The van der Waals surface area contributed by atoms with Crippen molar-refractivity contribution < 1.29 is 19.8 Å². The lowest BCUT2D eigenvalue weighted by molar-refractivity contribution is -0.141. The zero-order valence-corrected chi connectivity index (χ0v) is 11.9. The highest BCUT2D eigenvalue weighted by Crippen LogP contribution is 2.37. The van der Waals surface area contributed by atoms with E-state index in [-0.39, 0.29) is 12.8 Å². The summed E-state index contributed by atoms with van der Waals surface area (Å²) in [7, 11) is 0. The molecule has 3 atom stereocenters. The van der Waals surface area contributed by atoms with E-state index in [1.165, 1.54) is 18.2 Å². The molecule has 114 valence electrons. The first-order chi connectivity index (χ1) is 10.5. The van der Waals surface area contributed by atoms with Crippen LogP contribution < -0.4 is 0 Å². The van der Waals surface area contributed by atoms with E-state index < -0.39 is 29.6 Å². The molecule has 5 heteroatoms. The van der Waals surface area contributed by atoms with Crippen LogP contribution in [-0.2, 0) is 9.59 Å². The van der Waals surface area contributed by atoms with Crippen molar-refractivity contribution in [1.82, 2.24) is 4.90 Å². The summed E-state index contributed by atoms with van der Waals surface area (Å²) in [5, 5.41) is 20.2. The minimum Gasteiger partial charge on any atom is -0.389 e. The standard InChI is InChI=1S/C17H17NO4/c19-13-8-9-17(22)11-16(21)18(14(17)10-13)15(20)7-6-12-4-2-1-3-5-12/h1-9,13-14,19,22H,10-11H2/b7-6+/t13-,14+,17-/m0/s1. The van der Waals surface area contributed by atoms with Crippen molar-refractivity contribution in [2.75, 3.05) is 0 Å². The van der Waals surface area contributed by atoms with Gasteiger partial charge in [-0.15, -0.1) is 0 Å². The lowest BCUT2D eigenvalue weighted by atomic mass is 9.85. The Kier molecular flexibility index (Phi) is 3.68. The molecule has 22 heavy (non-hydrogen) atoms. The lowest BCUT2D eigenvalue weighted by Gasteiger charge is -2.34. The van der Waals surface area contributed by atoms with Gasteiger partial charge in [-0.3, -0.25) is 14.5 Å². The molecule has 2 N–H and O–H groups in total. The first-order valence-corrected chi connectivity index (χ1v) is 7.18. The highest BCUT2D eigenvalue weighted by molar-refractivity contribution is 6.05. The molecule has 0 radical (unpaired) electrons. The van der Waals surface area contributed by atoms with Crippen LogP contribution in [-0.4, -0.2) is 44.7 Å². The third kappa shape index (κ3) is 2.61. The molecule has 2 amide bonds. The number of fused-ring (bicyclic) bond motifs is 1. The van der Waals surface area contributed by atoms with E-state index in [0.717, 1.165) is 10.5 Å². The molecule has 0 unspecified atom stereocenters. The minimum atomic E-state index is -1.37. The Labute approximate surface area is 128 Å². The fraction of sp³-hybridized carbons (Fsp3) is 0.294. The van der Waals surface area contributed by atoms with Crippen molar-refractivity contribution in [1.29, 1.82) is 0 Å². The van der Waals surface area contributed by atoms with Gasteiger partial charge in [-0.1, -0.05) is 42.5 Å². The van der Waals surface area contributed by atoms with Gasteiger partial charge in [0.05, 0.1) is 18.6 Å². The fourth-order valence-corrected chi connectivity index (χ4v) is 3.00. The van der Waals surface area contributed by atoms with Crippen molar-refractivity contribution in [2.45, 2.75) is 30.6 Å². The monoisotopic (exact) mass is 299 g/mol. The summed E-state index contributed by atoms with van der Waals surface area (Å²) in [6, 6.07) is 8.56. The van der Waals surface area contributed by atoms with Gasteiger partial charge in [0.2, 0.25) is 5.91 Å². The maximum absolute atomic E-state index is 12.3. The number of carbonyl (C=O) groups is 2. The average Bonchev–Trinajstić information content (AvgIpc) is 2.76. The Balaban J connectivity index is 1.82. The summed E-state index contributed by atoms with van der Waals surface area (Å²) < 4.78 is 0. The van der Waals surface area contributed by atoms with Gasteiger partial charge < -0.3 is 10.2 Å². The normalized spacial score (nSPS) is 30.8. The summed E-state index contributed by atoms with van der Waals surface area (Å²) in [6.45, 7) is 0. The highest BCUT2D eigenvalue weighted by atomic mass is 16.3. The highest BCUT2D eigenvalue weighted by Gasteiger charge is 2.53. The maximum Gasteiger partial charge on any atom is 0.253 e. The molecule has 0 spiro atoms. The van der Waals surface area contributed by atoms with E-state index in [1.807, 2.05) is 30.3 Å². The number of nitrogens with zero attached hydrogens (tertiary/aromatic N) is 1. The van der Waals surface area contributed by atoms with Gasteiger partial charge in [-0.25, -0.2) is 0 Å². The number of aliphatic hydroxyl groups excluding tert-OH is 1. The van der Waals surface area contributed by atoms with Gasteiger partial charge in [0.1, 0.15) is 5.60 Å². The van der Waals surface area contributed by atoms with Gasteiger partial charge in [0, 0.05) is 12.5 Å². The molecule has 1 aromatic rings. The second-order valence-corrected chi connectivity index (χ2v) is 5.69. The number of hydrogen-bond acceptors (Lipinski definition) is 4. The maximum atomic E-state index is 12.3.